The second-order valence-electron chi connectivity index (χ2n) is 4.53. The fourth-order valence-corrected chi connectivity index (χ4v) is 4.42. The maximum absolute atomic E-state index is 11.4. The number of nitriles is 1. The van der Waals surface area contributed by atoms with Crippen molar-refractivity contribution in [1.82, 2.24) is 4.98 Å². The SMILES string of the molecule is N#Cc1nc(-c2cccs2)oc1N[C@H]1CCS(=O)(=O)C1. The van der Waals surface area contributed by atoms with E-state index in [1.807, 2.05) is 23.6 Å². The van der Waals surface area contributed by atoms with E-state index < -0.39 is 9.84 Å². The minimum atomic E-state index is -2.98. The molecule has 2 aromatic rings. The predicted molar refractivity (Wildman–Crippen MR) is 75.2 cm³/mol. The highest BCUT2D eigenvalue weighted by Gasteiger charge is 2.29. The van der Waals surface area contributed by atoms with Crippen molar-refractivity contribution >= 4 is 27.1 Å². The van der Waals surface area contributed by atoms with E-state index in [0.717, 1.165) is 4.88 Å². The summed E-state index contributed by atoms with van der Waals surface area (Å²) in [5.74, 6) is 0.851. The summed E-state index contributed by atoms with van der Waals surface area (Å²) in [6, 6.07) is 5.45. The third-order valence-corrected chi connectivity index (χ3v) is 5.66. The van der Waals surface area contributed by atoms with Gasteiger partial charge in [-0.1, -0.05) is 6.07 Å². The summed E-state index contributed by atoms with van der Waals surface area (Å²) in [5.41, 5.74) is 0.151. The van der Waals surface area contributed by atoms with Gasteiger partial charge in [-0.15, -0.1) is 11.3 Å². The molecule has 8 heteroatoms. The standard InChI is InChI=1S/C12H11N3O3S2/c13-6-9-11(14-8-3-5-20(16,17)7-8)18-12(15-9)10-2-1-4-19-10/h1-2,4,8,14H,3,5,7H2/t8-/m0/s1. The van der Waals surface area contributed by atoms with Crippen LogP contribution in [0.25, 0.3) is 10.8 Å². The molecule has 0 unspecified atom stereocenters. The quantitative estimate of drug-likeness (QED) is 0.930. The Balaban J connectivity index is 1.85. The van der Waals surface area contributed by atoms with Crippen molar-refractivity contribution < 1.29 is 12.8 Å². The van der Waals surface area contributed by atoms with E-state index in [-0.39, 0.29) is 29.1 Å². The molecule has 0 saturated carbocycles. The van der Waals surface area contributed by atoms with Crippen LogP contribution < -0.4 is 5.32 Å². The number of oxazole rings is 1. The summed E-state index contributed by atoms with van der Waals surface area (Å²) in [6.45, 7) is 0. The van der Waals surface area contributed by atoms with Gasteiger partial charge in [0.25, 0.3) is 0 Å². The first-order valence-electron chi connectivity index (χ1n) is 5.99. The van der Waals surface area contributed by atoms with Gasteiger partial charge < -0.3 is 9.73 Å². The van der Waals surface area contributed by atoms with Gasteiger partial charge in [-0.25, -0.2) is 8.42 Å². The van der Waals surface area contributed by atoms with Gasteiger partial charge in [0.1, 0.15) is 6.07 Å². The first kappa shape index (κ1) is 13.1. The van der Waals surface area contributed by atoms with Crippen molar-refractivity contribution in [3.63, 3.8) is 0 Å². The van der Waals surface area contributed by atoms with Crippen LogP contribution in [0.2, 0.25) is 0 Å². The molecule has 104 valence electrons. The van der Waals surface area contributed by atoms with Crippen LogP contribution in [0.5, 0.6) is 0 Å². The van der Waals surface area contributed by atoms with Crippen LogP contribution in [0.4, 0.5) is 5.88 Å². The van der Waals surface area contributed by atoms with Crippen molar-refractivity contribution in [3.05, 3.63) is 23.2 Å². The highest BCUT2D eigenvalue weighted by atomic mass is 32.2. The van der Waals surface area contributed by atoms with E-state index in [4.69, 9.17) is 9.68 Å². The molecule has 0 amide bonds. The number of sulfone groups is 1. The lowest BCUT2D eigenvalue weighted by molar-refractivity contribution is 0.577. The minimum absolute atomic E-state index is 0.0624. The first-order valence-corrected chi connectivity index (χ1v) is 8.69. The van der Waals surface area contributed by atoms with Crippen molar-refractivity contribution in [2.45, 2.75) is 12.5 Å². The minimum Gasteiger partial charge on any atom is -0.418 e. The van der Waals surface area contributed by atoms with Crippen LogP contribution in [0.1, 0.15) is 12.1 Å². The van der Waals surface area contributed by atoms with Gasteiger partial charge >= 0.3 is 0 Å². The Hall–Kier alpha value is -1.85. The Labute approximate surface area is 120 Å². The third kappa shape index (κ3) is 2.55. The molecule has 1 fully saturated rings. The molecule has 6 nitrogen and oxygen atoms in total. The van der Waals surface area contributed by atoms with Gasteiger partial charge in [-0.3, -0.25) is 0 Å². The highest BCUT2D eigenvalue weighted by Crippen LogP contribution is 2.29. The molecule has 0 aliphatic carbocycles. The van der Waals surface area contributed by atoms with Crippen molar-refractivity contribution in [2.24, 2.45) is 0 Å². The van der Waals surface area contributed by atoms with E-state index in [9.17, 15) is 8.42 Å². The zero-order valence-corrected chi connectivity index (χ0v) is 12.0. The molecule has 20 heavy (non-hydrogen) atoms. The molecule has 0 spiro atoms. The van der Waals surface area contributed by atoms with E-state index >= 15 is 0 Å². The third-order valence-electron chi connectivity index (χ3n) is 3.03. The van der Waals surface area contributed by atoms with Crippen LogP contribution in [0, 0.1) is 11.3 Å². The fourth-order valence-electron chi connectivity index (χ4n) is 2.09. The molecule has 0 bridgehead atoms. The summed E-state index contributed by atoms with van der Waals surface area (Å²) in [6.07, 6.45) is 0.516. The topological polar surface area (TPSA) is 96.0 Å². The zero-order chi connectivity index (χ0) is 14.2. The monoisotopic (exact) mass is 309 g/mol. The van der Waals surface area contributed by atoms with Crippen LogP contribution in [0.15, 0.2) is 21.9 Å². The molecule has 2 aromatic heterocycles. The summed E-state index contributed by atoms with van der Waals surface area (Å²) in [5, 5.41) is 13.9. The van der Waals surface area contributed by atoms with Crippen molar-refractivity contribution in [1.29, 1.82) is 5.26 Å². The lowest BCUT2D eigenvalue weighted by atomic mass is 10.2. The fraction of sp³-hybridized carbons (Fsp3) is 0.333. The number of aromatic nitrogens is 1. The smallest absolute Gasteiger partial charge is 0.240 e. The normalized spacial score (nSPS) is 20.6. The second-order valence-corrected chi connectivity index (χ2v) is 7.71. The van der Waals surface area contributed by atoms with Crippen LogP contribution in [-0.2, 0) is 9.84 Å². The van der Waals surface area contributed by atoms with Crippen molar-refractivity contribution in [2.75, 3.05) is 16.8 Å². The molecular formula is C12H11N3O3S2. The van der Waals surface area contributed by atoms with Crippen LogP contribution >= 0.6 is 11.3 Å². The number of thiophene rings is 1. The average molecular weight is 309 g/mol. The maximum atomic E-state index is 11.4. The van der Waals surface area contributed by atoms with Gasteiger partial charge in [0.15, 0.2) is 9.84 Å². The Kier molecular flexibility index (Phi) is 3.23. The Morgan fingerprint density at radius 1 is 1.55 bits per heavy atom. The van der Waals surface area contributed by atoms with Gasteiger partial charge in [-0.2, -0.15) is 10.2 Å². The van der Waals surface area contributed by atoms with Gasteiger partial charge in [-0.05, 0) is 17.9 Å². The van der Waals surface area contributed by atoms with E-state index in [2.05, 4.69) is 10.3 Å². The Bertz CT molecular complexity index is 756. The van der Waals surface area contributed by atoms with E-state index in [1.54, 1.807) is 0 Å². The first-order chi connectivity index (χ1) is 9.57. The van der Waals surface area contributed by atoms with Gasteiger partial charge in [0.2, 0.25) is 17.5 Å². The number of rotatable bonds is 3. The Morgan fingerprint density at radius 3 is 3.00 bits per heavy atom. The van der Waals surface area contributed by atoms with Crippen LogP contribution in [-0.4, -0.2) is 30.9 Å². The molecule has 0 radical (unpaired) electrons. The molecule has 3 heterocycles. The molecule has 1 N–H and O–H groups in total. The lowest BCUT2D eigenvalue weighted by Gasteiger charge is -2.08. The summed E-state index contributed by atoms with van der Waals surface area (Å²) in [4.78, 5) is 4.95. The average Bonchev–Trinajstić information content (AvgIpc) is 3.09. The molecular weight excluding hydrogens is 298 g/mol. The zero-order valence-electron chi connectivity index (χ0n) is 10.4. The number of hydrogen-bond donors (Lipinski definition) is 1. The second kappa shape index (κ2) is 4.92. The lowest BCUT2D eigenvalue weighted by Crippen LogP contribution is -2.20. The van der Waals surface area contributed by atoms with E-state index in [1.165, 1.54) is 11.3 Å². The van der Waals surface area contributed by atoms with Crippen LogP contribution in [0.3, 0.4) is 0 Å². The van der Waals surface area contributed by atoms with Crippen molar-refractivity contribution in [3.8, 4) is 16.8 Å². The number of anilines is 1. The maximum Gasteiger partial charge on any atom is 0.240 e. The summed E-state index contributed by atoms with van der Waals surface area (Å²) >= 11 is 1.46. The molecule has 1 aliphatic heterocycles. The number of hydrogen-bond acceptors (Lipinski definition) is 7. The van der Waals surface area contributed by atoms with Gasteiger partial charge in [0.05, 0.1) is 16.4 Å². The largest absolute Gasteiger partial charge is 0.418 e. The molecule has 0 aromatic carbocycles. The molecule has 1 atom stereocenters. The van der Waals surface area contributed by atoms with E-state index in [0.29, 0.717) is 12.3 Å². The summed E-state index contributed by atoms with van der Waals surface area (Å²) in [7, 11) is -2.98. The Morgan fingerprint density at radius 2 is 2.40 bits per heavy atom. The molecule has 3 rings (SSSR count). The molecule has 1 saturated heterocycles. The highest BCUT2D eigenvalue weighted by molar-refractivity contribution is 7.91. The molecule has 1 aliphatic rings. The van der Waals surface area contributed by atoms with Gasteiger partial charge in [0, 0.05) is 6.04 Å². The summed E-state index contributed by atoms with van der Waals surface area (Å²) < 4.78 is 28.4. The number of nitrogens with one attached hydrogen (secondary N) is 1. The number of nitrogens with zero attached hydrogens (tertiary/aromatic N) is 2. The predicted octanol–water partition coefficient (Wildman–Crippen LogP) is 1.87.